The van der Waals surface area contributed by atoms with E-state index in [0.717, 1.165) is 10.0 Å². The molecule has 0 unspecified atom stereocenters. The van der Waals surface area contributed by atoms with E-state index < -0.39 is 11.4 Å². The van der Waals surface area contributed by atoms with E-state index in [0.29, 0.717) is 5.75 Å². The Hall–Kier alpha value is -0.270. The van der Waals surface area contributed by atoms with Gasteiger partial charge in [0.05, 0.1) is 6.04 Å². The summed E-state index contributed by atoms with van der Waals surface area (Å²) in [5.41, 5.74) is 0.947. The minimum absolute atomic E-state index is 0.0879. The Morgan fingerprint density at radius 2 is 2.05 bits per heavy atom. The summed E-state index contributed by atoms with van der Waals surface area (Å²) in [6.07, 6.45) is 0. The molecule has 4 nitrogen and oxygen atoms in total. The van der Waals surface area contributed by atoms with Gasteiger partial charge in [-0.15, -0.1) is 4.72 Å². The minimum atomic E-state index is -1.14. The van der Waals surface area contributed by atoms with Gasteiger partial charge in [-0.25, -0.2) is 0 Å². The molecule has 1 aromatic rings. The van der Waals surface area contributed by atoms with Crippen LogP contribution in [0.15, 0.2) is 22.7 Å². The summed E-state index contributed by atoms with van der Waals surface area (Å²) in [6.45, 7) is 7.96. The van der Waals surface area contributed by atoms with Crippen molar-refractivity contribution < 1.29 is 14.0 Å². The number of halogens is 1. The summed E-state index contributed by atoms with van der Waals surface area (Å²) < 4.78 is 26.4. The molecule has 0 saturated heterocycles. The van der Waals surface area contributed by atoms with Gasteiger partial charge in [0, 0.05) is 28.5 Å². The second-order valence-corrected chi connectivity index (χ2v) is 8.37. The van der Waals surface area contributed by atoms with Gasteiger partial charge in [0.1, 0.15) is 10.5 Å². The van der Waals surface area contributed by atoms with Crippen molar-refractivity contribution in [3.05, 3.63) is 28.2 Å². The van der Waals surface area contributed by atoms with Crippen molar-refractivity contribution in [2.24, 2.45) is 0 Å². The van der Waals surface area contributed by atoms with Crippen molar-refractivity contribution in [3.63, 3.8) is 0 Å². The molecule has 0 radical (unpaired) electrons. The monoisotopic (exact) mass is 363 g/mol. The van der Waals surface area contributed by atoms with Gasteiger partial charge < -0.3 is 14.0 Å². The van der Waals surface area contributed by atoms with E-state index in [4.69, 9.17) is 9.47 Å². The fourth-order valence-electron chi connectivity index (χ4n) is 1.51. The third-order valence-electron chi connectivity index (χ3n) is 2.61. The maximum absolute atomic E-state index is 12.2. The first kappa shape index (κ1) is 17.8. The lowest BCUT2D eigenvalue weighted by Gasteiger charge is -2.27. The molecule has 0 aliphatic rings. The quantitative estimate of drug-likeness (QED) is 0.620. The van der Waals surface area contributed by atoms with E-state index >= 15 is 0 Å². The molecular formula is C14H22BrNO3S. The topological polar surface area (TPSA) is 53.5 Å². The van der Waals surface area contributed by atoms with Crippen molar-refractivity contribution in [3.8, 4) is 5.75 Å². The predicted octanol–water partition coefficient (Wildman–Crippen LogP) is 3.54. The van der Waals surface area contributed by atoms with Crippen LogP contribution in [0.2, 0.25) is 0 Å². The van der Waals surface area contributed by atoms with Crippen LogP contribution in [0.25, 0.3) is 0 Å². The van der Waals surface area contributed by atoms with Crippen LogP contribution < -0.4 is 9.46 Å². The zero-order valence-electron chi connectivity index (χ0n) is 12.5. The second kappa shape index (κ2) is 7.66. The first-order valence-corrected chi connectivity index (χ1v) is 8.29. The molecule has 0 heterocycles. The molecule has 0 saturated carbocycles. The van der Waals surface area contributed by atoms with Gasteiger partial charge in [0.25, 0.3) is 0 Å². The molecule has 0 aromatic heterocycles. The summed E-state index contributed by atoms with van der Waals surface area (Å²) in [4.78, 5) is 0. The van der Waals surface area contributed by atoms with Gasteiger partial charge in [0.15, 0.2) is 6.79 Å². The van der Waals surface area contributed by atoms with Crippen molar-refractivity contribution in [1.29, 1.82) is 0 Å². The summed E-state index contributed by atoms with van der Waals surface area (Å²) in [6, 6.07) is 5.68. The third kappa shape index (κ3) is 5.26. The van der Waals surface area contributed by atoms with Crippen molar-refractivity contribution in [2.45, 2.75) is 38.5 Å². The summed E-state index contributed by atoms with van der Waals surface area (Å²) in [5.74, 6) is 0.715. The highest BCUT2D eigenvalue weighted by Crippen LogP contribution is 2.30. The Kier molecular flexibility index (Phi) is 6.81. The molecule has 114 valence electrons. The summed E-state index contributed by atoms with van der Waals surface area (Å²) in [7, 11) is 1.58. The zero-order valence-corrected chi connectivity index (χ0v) is 14.9. The molecule has 1 N–H and O–H groups in total. The highest BCUT2D eigenvalue weighted by atomic mass is 79.9. The van der Waals surface area contributed by atoms with Crippen molar-refractivity contribution in [1.82, 2.24) is 4.72 Å². The van der Waals surface area contributed by atoms with E-state index in [1.807, 2.05) is 45.9 Å². The van der Waals surface area contributed by atoms with Gasteiger partial charge in [-0.3, -0.25) is 0 Å². The minimum Gasteiger partial charge on any atom is -0.598 e. The predicted molar refractivity (Wildman–Crippen MR) is 86.1 cm³/mol. The van der Waals surface area contributed by atoms with Crippen LogP contribution in [0.3, 0.4) is 0 Å². The SMILES string of the molecule is COCOc1cc(Br)ccc1[C@H](C)N[S@+]([O-])C(C)(C)C. The lowest BCUT2D eigenvalue weighted by Crippen LogP contribution is -2.40. The van der Waals surface area contributed by atoms with E-state index in [-0.39, 0.29) is 17.6 Å². The number of methoxy groups -OCH3 is 1. The maximum atomic E-state index is 12.2. The Balaban J connectivity index is 2.88. The molecule has 1 rings (SSSR count). The van der Waals surface area contributed by atoms with E-state index in [9.17, 15) is 4.55 Å². The van der Waals surface area contributed by atoms with E-state index in [1.165, 1.54) is 0 Å². The first-order valence-electron chi connectivity index (χ1n) is 6.35. The standard InChI is InChI=1S/C14H22BrNO3S/c1-10(16-20(17)14(2,3)4)12-7-6-11(15)8-13(12)19-9-18-5/h6-8,10,16H,9H2,1-5H3/t10-,20+/m0/s1. The maximum Gasteiger partial charge on any atom is 0.188 e. The van der Waals surface area contributed by atoms with Gasteiger partial charge in [-0.2, -0.15) is 0 Å². The Labute approximate surface area is 132 Å². The van der Waals surface area contributed by atoms with Crippen LogP contribution >= 0.6 is 15.9 Å². The number of benzene rings is 1. The fraction of sp³-hybridized carbons (Fsp3) is 0.571. The molecule has 0 aliphatic heterocycles. The van der Waals surface area contributed by atoms with Crippen LogP contribution in [0.5, 0.6) is 5.75 Å². The average molecular weight is 364 g/mol. The van der Waals surface area contributed by atoms with Crippen molar-refractivity contribution in [2.75, 3.05) is 13.9 Å². The number of hydrogen-bond acceptors (Lipinski definition) is 4. The molecule has 0 fully saturated rings. The molecule has 2 atom stereocenters. The smallest absolute Gasteiger partial charge is 0.188 e. The van der Waals surface area contributed by atoms with Crippen LogP contribution in [0.4, 0.5) is 0 Å². The summed E-state index contributed by atoms with van der Waals surface area (Å²) >= 11 is 2.28. The van der Waals surface area contributed by atoms with Crippen LogP contribution in [-0.2, 0) is 16.1 Å². The highest BCUT2D eigenvalue weighted by Gasteiger charge is 2.29. The number of rotatable bonds is 6. The van der Waals surface area contributed by atoms with Gasteiger partial charge in [-0.1, -0.05) is 22.0 Å². The molecule has 20 heavy (non-hydrogen) atoms. The average Bonchev–Trinajstić information content (AvgIpc) is 2.35. The second-order valence-electron chi connectivity index (χ2n) is 5.45. The Bertz CT molecular complexity index is 437. The van der Waals surface area contributed by atoms with Crippen LogP contribution in [-0.4, -0.2) is 23.2 Å². The lowest BCUT2D eigenvalue weighted by atomic mass is 10.1. The van der Waals surface area contributed by atoms with Crippen LogP contribution in [0, 0.1) is 0 Å². The van der Waals surface area contributed by atoms with Gasteiger partial charge in [-0.05, 0) is 39.8 Å². The number of nitrogens with one attached hydrogen (secondary N) is 1. The fourth-order valence-corrected chi connectivity index (χ4v) is 2.66. The molecule has 0 amide bonds. The summed E-state index contributed by atoms with van der Waals surface area (Å²) in [5, 5.41) is 0. The number of hydrogen-bond donors (Lipinski definition) is 1. The van der Waals surface area contributed by atoms with Crippen molar-refractivity contribution >= 4 is 27.3 Å². The Morgan fingerprint density at radius 1 is 1.40 bits per heavy atom. The normalized spacial score (nSPS) is 14.9. The van der Waals surface area contributed by atoms with Gasteiger partial charge in [0.2, 0.25) is 0 Å². The van der Waals surface area contributed by atoms with Gasteiger partial charge >= 0.3 is 0 Å². The molecule has 6 heteroatoms. The Morgan fingerprint density at radius 3 is 2.60 bits per heavy atom. The zero-order chi connectivity index (χ0) is 15.3. The molecule has 0 bridgehead atoms. The highest BCUT2D eigenvalue weighted by molar-refractivity contribution is 9.10. The van der Waals surface area contributed by atoms with Crippen LogP contribution in [0.1, 0.15) is 39.3 Å². The largest absolute Gasteiger partial charge is 0.598 e. The molecular weight excluding hydrogens is 342 g/mol. The molecule has 0 spiro atoms. The van der Waals surface area contributed by atoms with E-state index in [2.05, 4.69) is 20.7 Å². The third-order valence-corrected chi connectivity index (χ3v) is 4.79. The number of ether oxygens (including phenoxy) is 2. The molecule has 0 aliphatic carbocycles. The molecule has 1 aromatic carbocycles. The first-order chi connectivity index (χ1) is 9.25. The lowest BCUT2D eigenvalue weighted by molar-refractivity contribution is 0.0501. The van der Waals surface area contributed by atoms with E-state index in [1.54, 1.807) is 7.11 Å².